The van der Waals surface area contributed by atoms with Gasteiger partial charge in [-0.1, -0.05) is 115 Å². The second-order valence-corrected chi connectivity index (χ2v) is 13.7. The quantitative estimate of drug-likeness (QED) is 0.186. The van der Waals surface area contributed by atoms with Crippen LogP contribution in [0.3, 0.4) is 0 Å². The molecule has 51 heavy (non-hydrogen) atoms. The van der Waals surface area contributed by atoms with Gasteiger partial charge in [-0.3, -0.25) is 0 Å². The molecule has 12 rings (SSSR count). The van der Waals surface area contributed by atoms with Crippen LogP contribution in [0.15, 0.2) is 168 Å². The van der Waals surface area contributed by atoms with Gasteiger partial charge >= 0.3 is 0 Å². The second-order valence-electron chi connectivity index (χ2n) is 13.7. The van der Waals surface area contributed by atoms with Gasteiger partial charge in [0.15, 0.2) is 0 Å². The molecule has 0 spiro atoms. The molecule has 1 N–H and O–H groups in total. The number of rotatable bonds is 2. The van der Waals surface area contributed by atoms with Gasteiger partial charge in [-0.25, -0.2) is 0 Å². The van der Waals surface area contributed by atoms with E-state index in [9.17, 15) is 0 Å². The summed E-state index contributed by atoms with van der Waals surface area (Å²) in [6.07, 6.45) is 0. The molecule has 9 aromatic carbocycles. The molecule has 3 nitrogen and oxygen atoms in total. The molecule has 0 atom stereocenters. The lowest BCUT2D eigenvalue weighted by atomic mass is 9.94. The van der Waals surface area contributed by atoms with E-state index >= 15 is 0 Å². The van der Waals surface area contributed by atoms with Crippen molar-refractivity contribution >= 4 is 97.9 Å². The molecular formula is C48H28N2O. The number of furan rings is 1. The van der Waals surface area contributed by atoms with E-state index in [0.29, 0.717) is 0 Å². The summed E-state index contributed by atoms with van der Waals surface area (Å²) in [4.78, 5) is 3.80. The maximum atomic E-state index is 6.35. The summed E-state index contributed by atoms with van der Waals surface area (Å²) < 4.78 is 8.80. The molecule has 236 valence electrons. The zero-order chi connectivity index (χ0) is 33.2. The second kappa shape index (κ2) is 9.87. The van der Waals surface area contributed by atoms with Crippen molar-refractivity contribution in [2.45, 2.75) is 0 Å². The van der Waals surface area contributed by atoms with E-state index in [1.165, 1.54) is 76.0 Å². The summed E-state index contributed by atoms with van der Waals surface area (Å²) >= 11 is 0. The van der Waals surface area contributed by atoms with Crippen LogP contribution < -0.4 is 0 Å². The average molecular weight is 649 g/mol. The van der Waals surface area contributed by atoms with Crippen LogP contribution >= 0.6 is 0 Å². The van der Waals surface area contributed by atoms with Gasteiger partial charge in [-0.2, -0.15) is 0 Å². The first kappa shape index (κ1) is 27.0. The third-order valence-corrected chi connectivity index (χ3v) is 11.1. The molecule has 0 radical (unpaired) electrons. The summed E-state index contributed by atoms with van der Waals surface area (Å²) in [5, 5.41) is 15.0. The average Bonchev–Trinajstić information content (AvgIpc) is 3.87. The van der Waals surface area contributed by atoms with Crippen LogP contribution in [-0.2, 0) is 0 Å². The molecule has 0 aliphatic rings. The summed E-state index contributed by atoms with van der Waals surface area (Å²) in [5.74, 6) is 0. The Balaban J connectivity index is 1.21. The molecule has 12 aromatic rings. The van der Waals surface area contributed by atoms with Gasteiger partial charge in [0.2, 0.25) is 0 Å². The molecular weight excluding hydrogens is 621 g/mol. The van der Waals surface area contributed by atoms with Crippen LogP contribution in [0.25, 0.3) is 115 Å². The van der Waals surface area contributed by atoms with E-state index in [2.05, 4.69) is 167 Å². The molecule has 0 saturated heterocycles. The molecule has 0 aliphatic heterocycles. The first-order valence-electron chi connectivity index (χ1n) is 17.5. The lowest BCUT2D eigenvalue weighted by Crippen LogP contribution is -1.94. The lowest BCUT2D eigenvalue weighted by molar-refractivity contribution is 0.669. The Kier molecular flexibility index (Phi) is 5.23. The Hall–Kier alpha value is -6.84. The maximum Gasteiger partial charge on any atom is 0.136 e. The van der Waals surface area contributed by atoms with Crippen LogP contribution in [0.1, 0.15) is 0 Å². The fraction of sp³-hybridized carbons (Fsp3) is 0. The SMILES string of the molecule is c1cc(-c2cccc3oc4ccccc4c23)c2c(c1)[nH]c1ccc3c(c4ccccc4n3-c3ccc4c5ccccc5c5ccccc5c4c3)c12. The number of fused-ring (bicyclic) bond motifs is 16. The minimum atomic E-state index is 0.906. The topological polar surface area (TPSA) is 33.9 Å². The van der Waals surface area contributed by atoms with Crippen molar-refractivity contribution in [2.24, 2.45) is 0 Å². The van der Waals surface area contributed by atoms with Crippen LogP contribution in [0.4, 0.5) is 0 Å². The van der Waals surface area contributed by atoms with Crippen molar-refractivity contribution in [1.82, 2.24) is 9.55 Å². The van der Waals surface area contributed by atoms with E-state index in [-0.39, 0.29) is 0 Å². The Morgan fingerprint density at radius 1 is 0.353 bits per heavy atom. The summed E-state index contributed by atoms with van der Waals surface area (Å²) in [6.45, 7) is 0. The number of hydrogen-bond donors (Lipinski definition) is 1. The Morgan fingerprint density at radius 3 is 1.73 bits per heavy atom. The molecule has 0 fully saturated rings. The van der Waals surface area contributed by atoms with Gasteiger partial charge in [0.1, 0.15) is 11.2 Å². The minimum Gasteiger partial charge on any atom is -0.456 e. The highest BCUT2D eigenvalue weighted by atomic mass is 16.3. The van der Waals surface area contributed by atoms with E-state index in [0.717, 1.165) is 38.7 Å². The van der Waals surface area contributed by atoms with Crippen LogP contribution in [0, 0.1) is 0 Å². The van der Waals surface area contributed by atoms with E-state index in [1.807, 2.05) is 6.07 Å². The number of H-pyrrole nitrogens is 1. The third-order valence-electron chi connectivity index (χ3n) is 11.1. The molecule has 0 amide bonds. The lowest BCUT2D eigenvalue weighted by Gasteiger charge is -2.13. The zero-order valence-electron chi connectivity index (χ0n) is 27.4. The van der Waals surface area contributed by atoms with Crippen molar-refractivity contribution in [3.05, 3.63) is 164 Å². The van der Waals surface area contributed by atoms with Crippen molar-refractivity contribution in [3.8, 4) is 16.8 Å². The summed E-state index contributed by atoms with van der Waals surface area (Å²) in [5.41, 5.74) is 9.99. The van der Waals surface area contributed by atoms with Crippen molar-refractivity contribution in [3.63, 3.8) is 0 Å². The highest BCUT2D eigenvalue weighted by Crippen LogP contribution is 2.46. The van der Waals surface area contributed by atoms with E-state index in [1.54, 1.807) is 0 Å². The van der Waals surface area contributed by atoms with Gasteiger partial charge in [0.25, 0.3) is 0 Å². The van der Waals surface area contributed by atoms with E-state index < -0.39 is 0 Å². The molecule has 0 unspecified atom stereocenters. The molecule has 0 aliphatic carbocycles. The first-order chi connectivity index (χ1) is 25.3. The number of nitrogens with one attached hydrogen (secondary N) is 1. The van der Waals surface area contributed by atoms with Gasteiger partial charge in [-0.05, 0) is 92.0 Å². The monoisotopic (exact) mass is 648 g/mol. The molecule has 3 heterocycles. The van der Waals surface area contributed by atoms with Gasteiger partial charge in [0, 0.05) is 49.0 Å². The van der Waals surface area contributed by atoms with Crippen molar-refractivity contribution in [2.75, 3.05) is 0 Å². The van der Waals surface area contributed by atoms with Gasteiger partial charge in [0.05, 0.1) is 11.0 Å². The highest BCUT2D eigenvalue weighted by Gasteiger charge is 2.21. The fourth-order valence-corrected chi connectivity index (χ4v) is 9.03. The van der Waals surface area contributed by atoms with E-state index in [4.69, 9.17) is 4.42 Å². The Labute approximate surface area is 291 Å². The standard InChI is InChI=1S/C48H28N2O/c1-2-13-31-29(11-1)30-12-3-4-14-32(30)38-27-28(23-24-33(31)38)50-41-20-7-5-15-36(41)47-42(50)26-25-40-48(47)46-35(17-9-19-39(46)49-40)34-18-10-22-44-45(34)37-16-6-8-21-43(37)51-44/h1-27,49H. The number of benzene rings is 9. The van der Waals surface area contributed by atoms with Crippen LogP contribution in [-0.4, -0.2) is 9.55 Å². The molecule has 0 bridgehead atoms. The maximum absolute atomic E-state index is 6.35. The molecule has 3 heteroatoms. The van der Waals surface area contributed by atoms with Crippen LogP contribution in [0.2, 0.25) is 0 Å². The minimum absolute atomic E-state index is 0.906. The summed E-state index contributed by atoms with van der Waals surface area (Å²) in [7, 11) is 0. The zero-order valence-corrected chi connectivity index (χ0v) is 27.4. The van der Waals surface area contributed by atoms with Gasteiger partial charge < -0.3 is 14.0 Å². The highest BCUT2D eigenvalue weighted by molar-refractivity contribution is 6.32. The van der Waals surface area contributed by atoms with Crippen molar-refractivity contribution < 1.29 is 4.42 Å². The predicted molar refractivity (Wildman–Crippen MR) is 215 cm³/mol. The first-order valence-corrected chi connectivity index (χ1v) is 17.5. The molecule has 0 saturated carbocycles. The molecule has 3 aromatic heterocycles. The number of aromatic amines is 1. The summed E-state index contributed by atoms with van der Waals surface area (Å²) in [6, 6.07) is 59.5. The van der Waals surface area contributed by atoms with Crippen LogP contribution in [0.5, 0.6) is 0 Å². The number of hydrogen-bond acceptors (Lipinski definition) is 1. The predicted octanol–water partition coefficient (Wildman–Crippen LogP) is 13.4. The fourth-order valence-electron chi connectivity index (χ4n) is 9.03. The largest absolute Gasteiger partial charge is 0.456 e. The Bertz CT molecular complexity index is 3390. The third kappa shape index (κ3) is 3.57. The number of para-hydroxylation sites is 2. The Morgan fingerprint density at radius 2 is 0.941 bits per heavy atom. The number of aromatic nitrogens is 2. The normalized spacial score (nSPS) is 12.3. The number of nitrogens with zero attached hydrogens (tertiary/aromatic N) is 1. The smallest absolute Gasteiger partial charge is 0.136 e. The van der Waals surface area contributed by atoms with Crippen molar-refractivity contribution in [1.29, 1.82) is 0 Å². The van der Waals surface area contributed by atoms with Gasteiger partial charge in [-0.15, -0.1) is 0 Å².